The number of amides is 1. The van der Waals surface area contributed by atoms with E-state index in [9.17, 15) is 18.8 Å². The number of hydrogen-bond donors (Lipinski definition) is 1. The Kier molecular flexibility index (Phi) is 6.03. The summed E-state index contributed by atoms with van der Waals surface area (Å²) in [6, 6.07) is 5.43. The third-order valence-corrected chi connectivity index (χ3v) is 4.83. The molecule has 2 aromatic rings. The molecule has 0 spiro atoms. The number of ether oxygens (including phenoxy) is 1. The van der Waals surface area contributed by atoms with Gasteiger partial charge in [0, 0.05) is 17.5 Å². The van der Waals surface area contributed by atoms with Crippen LogP contribution >= 0.6 is 11.3 Å². The van der Waals surface area contributed by atoms with Crippen LogP contribution in [0.2, 0.25) is 0 Å². The molecular formula is C18H18FNO4S. The van der Waals surface area contributed by atoms with Crippen molar-refractivity contribution >= 4 is 34.7 Å². The zero-order valence-electron chi connectivity index (χ0n) is 14.1. The number of benzene rings is 1. The van der Waals surface area contributed by atoms with Gasteiger partial charge in [-0.3, -0.25) is 9.59 Å². The normalized spacial score (nSPS) is 10.4. The molecule has 0 aliphatic carbocycles. The van der Waals surface area contributed by atoms with Crippen LogP contribution in [0.4, 0.5) is 10.1 Å². The maximum atomic E-state index is 14.0. The topological polar surface area (TPSA) is 72.5 Å². The molecule has 0 atom stereocenters. The number of carbonyl (C=O) groups excluding carboxylic acids is 3. The quantitative estimate of drug-likeness (QED) is 0.627. The second-order valence-electron chi connectivity index (χ2n) is 5.45. The Morgan fingerprint density at radius 2 is 1.96 bits per heavy atom. The third-order valence-electron chi connectivity index (χ3n) is 3.47. The van der Waals surface area contributed by atoms with E-state index in [2.05, 4.69) is 5.32 Å². The summed E-state index contributed by atoms with van der Waals surface area (Å²) in [7, 11) is 0. The van der Waals surface area contributed by atoms with Gasteiger partial charge in [0.25, 0.3) is 0 Å². The van der Waals surface area contributed by atoms with Gasteiger partial charge in [-0.15, -0.1) is 11.3 Å². The van der Waals surface area contributed by atoms with Gasteiger partial charge < -0.3 is 10.1 Å². The Morgan fingerprint density at radius 3 is 2.52 bits per heavy atom. The predicted octanol–water partition coefficient (Wildman–Crippen LogP) is 3.76. The molecule has 1 aromatic carbocycles. The van der Waals surface area contributed by atoms with Crippen molar-refractivity contribution in [3.8, 4) is 0 Å². The number of hydrogen-bond acceptors (Lipinski definition) is 5. The van der Waals surface area contributed by atoms with Crippen LogP contribution in [-0.4, -0.2) is 24.3 Å². The lowest BCUT2D eigenvalue weighted by Crippen LogP contribution is -2.15. The third kappa shape index (κ3) is 4.73. The molecule has 0 bridgehead atoms. The highest BCUT2D eigenvalue weighted by Crippen LogP contribution is 2.23. The maximum Gasteiger partial charge on any atom is 0.348 e. The van der Waals surface area contributed by atoms with Crippen molar-refractivity contribution in [3.63, 3.8) is 0 Å². The fraction of sp³-hybridized carbons (Fsp3) is 0.278. The van der Waals surface area contributed by atoms with Crippen molar-refractivity contribution in [3.05, 3.63) is 51.0 Å². The van der Waals surface area contributed by atoms with Crippen LogP contribution in [0.25, 0.3) is 0 Å². The van der Waals surface area contributed by atoms with Crippen molar-refractivity contribution in [2.24, 2.45) is 0 Å². The molecule has 1 amide bonds. The lowest BCUT2D eigenvalue weighted by atomic mass is 10.1. The number of carbonyl (C=O) groups is 3. The fourth-order valence-electron chi connectivity index (χ4n) is 2.27. The molecule has 132 valence electrons. The Morgan fingerprint density at radius 1 is 1.24 bits per heavy atom. The largest absolute Gasteiger partial charge is 0.453 e. The predicted molar refractivity (Wildman–Crippen MR) is 93.8 cm³/mol. The van der Waals surface area contributed by atoms with E-state index in [1.807, 2.05) is 13.8 Å². The number of ketones is 1. The molecule has 0 aliphatic heterocycles. The van der Waals surface area contributed by atoms with Gasteiger partial charge in [-0.1, -0.05) is 6.92 Å². The lowest BCUT2D eigenvalue weighted by Gasteiger charge is -2.06. The number of aryl methyl sites for hydroxylation is 2. The number of thiophene rings is 1. The van der Waals surface area contributed by atoms with Crippen LogP contribution in [-0.2, 0) is 16.0 Å². The minimum atomic E-state index is -0.785. The van der Waals surface area contributed by atoms with Gasteiger partial charge >= 0.3 is 5.97 Å². The molecule has 0 radical (unpaired) electrons. The summed E-state index contributed by atoms with van der Waals surface area (Å²) in [6.45, 7) is 4.65. The van der Waals surface area contributed by atoms with Crippen LogP contribution in [0.15, 0.2) is 24.3 Å². The molecule has 0 saturated heterocycles. The summed E-state index contributed by atoms with van der Waals surface area (Å²) in [4.78, 5) is 36.5. The van der Waals surface area contributed by atoms with Crippen molar-refractivity contribution < 1.29 is 23.5 Å². The molecular weight excluding hydrogens is 345 g/mol. The SMILES string of the molecule is CCc1sc(C(=O)OCC(=O)c2ccc(NC(C)=O)cc2F)cc1C. The first-order chi connectivity index (χ1) is 11.8. The van der Waals surface area contributed by atoms with Gasteiger partial charge in [0.05, 0.1) is 5.56 Å². The summed E-state index contributed by atoms with van der Waals surface area (Å²) >= 11 is 1.33. The number of halogens is 1. The molecule has 0 aliphatic rings. The van der Waals surface area contributed by atoms with Gasteiger partial charge in [-0.05, 0) is 43.2 Å². The van der Waals surface area contributed by atoms with E-state index in [-0.39, 0.29) is 17.2 Å². The molecule has 7 heteroatoms. The van der Waals surface area contributed by atoms with Gasteiger partial charge in [0.1, 0.15) is 10.7 Å². The summed E-state index contributed by atoms with van der Waals surface area (Å²) in [5, 5.41) is 2.42. The molecule has 2 rings (SSSR count). The number of esters is 1. The van der Waals surface area contributed by atoms with Gasteiger partial charge in [0.2, 0.25) is 11.7 Å². The van der Waals surface area contributed by atoms with Crippen molar-refractivity contribution in [1.29, 1.82) is 0 Å². The van der Waals surface area contributed by atoms with Crippen LogP contribution < -0.4 is 5.32 Å². The van der Waals surface area contributed by atoms with E-state index in [1.54, 1.807) is 6.07 Å². The highest BCUT2D eigenvalue weighted by atomic mass is 32.1. The summed E-state index contributed by atoms with van der Waals surface area (Å²) in [6.07, 6.45) is 0.814. The molecule has 1 aromatic heterocycles. The average molecular weight is 363 g/mol. The van der Waals surface area contributed by atoms with E-state index < -0.39 is 24.2 Å². The van der Waals surface area contributed by atoms with E-state index in [4.69, 9.17) is 4.74 Å². The van der Waals surface area contributed by atoms with E-state index in [0.717, 1.165) is 22.9 Å². The standard InChI is InChI=1S/C18H18FNO4S/c1-4-16-10(2)7-17(25-16)18(23)24-9-15(22)13-6-5-12(8-14(13)19)20-11(3)21/h5-8H,4,9H2,1-3H3,(H,20,21). The molecule has 1 N–H and O–H groups in total. The van der Waals surface area contributed by atoms with E-state index >= 15 is 0 Å². The Hall–Kier alpha value is -2.54. The molecule has 0 unspecified atom stereocenters. The lowest BCUT2D eigenvalue weighted by molar-refractivity contribution is -0.114. The zero-order chi connectivity index (χ0) is 18.6. The summed E-state index contributed by atoms with van der Waals surface area (Å²) in [5.41, 5.74) is 1.06. The number of anilines is 1. The van der Waals surface area contributed by atoms with E-state index in [0.29, 0.717) is 4.88 Å². The molecule has 1 heterocycles. The Labute approximate surface area is 148 Å². The van der Waals surface area contributed by atoms with E-state index in [1.165, 1.54) is 30.4 Å². The first-order valence-corrected chi connectivity index (χ1v) is 8.50. The second-order valence-corrected chi connectivity index (χ2v) is 6.58. The van der Waals surface area contributed by atoms with Crippen LogP contribution in [0.1, 0.15) is 44.3 Å². The van der Waals surface area contributed by atoms with Crippen LogP contribution in [0.3, 0.4) is 0 Å². The van der Waals surface area contributed by atoms with Crippen molar-refractivity contribution in [1.82, 2.24) is 0 Å². The first kappa shape index (κ1) is 18.8. The summed E-state index contributed by atoms with van der Waals surface area (Å²) < 4.78 is 19.0. The molecule has 0 saturated carbocycles. The van der Waals surface area contributed by atoms with Gasteiger partial charge in [-0.2, -0.15) is 0 Å². The van der Waals surface area contributed by atoms with Gasteiger partial charge in [0.15, 0.2) is 6.61 Å². The maximum absolute atomic E-state index is 14.0. The minimum Gasteiger partial charge on any atom is -0.453 e. The minimum absolute atomic E-state index is 0.196. The molecule has 25 heavy (non-hydrogen) atoms. The monoisotopic (exact) mass is 363 g/mol. The van der Waals surface area contributed by atoms with Crippen LogP contribution in [0.5, 0.6) is 0 Å². The number of nitrogens with one attached hydrogen (secondary N) is 1. The van der Waals surface area contributed by atoms with Crippen LogP contribution in [0, 0.1) is 12.7 Å². The van der Waals surface area contributed by atoms with Crippen molar-refractivity contribution in [2.75, 3.05) is 11.9 Å². The van der Waals surface area contributed by atoms with Gasteiger partial charge in [-0.25, -0.2) is 9.18 Å². The fourth-order valence-corrected chi connectivity index (χ4v) is 3.28. The first-order valence-electron chi connectivity index (χ1n) is 7.68. The molecule has 0 fully saturated rings. The average Bonchev–Trinajstić information content (AvgIpc) is 2.93. The summed E-state index contributed by atoms with van der Waals surface area (Å²) in [5.74, 6) is -2.38. The second kappa shape index (κ2) is 8.02. The Bertz CT molecular complexity index is 828. The molecule has 5 nitrogen and oxygen atoms in total. The smallest absolute Gasteiger partial charge is 0.348 e. The number of rotatable bonds is 6. The number of Topliss-reactive ketones (excluding diaryl/α,β-unsaturated/α-hetero) is 1. The Balaban J connectivity index is 2.02. The highest BCUT2D eigenvalue weighted by molar-refractivity contribution is 7.14. The highest BCUT2D eigenvalue weighted by Gasteiger charge is 2.17. The zero-order valence-corrected chi connectivity index (χ0v) is 15.0. The van der Waals surface area contributed by atoms with Crippen molar-refractivity contribution in [2.45, 2.75) is 27.2 Å².